The molecule has 4 rings (SSSR count). The van der Waals surface area contributed by atoms with Gasteiger partial charge in [0.1, 0.15) is 25.2 Å². The Morgan fingerprint density at radius 3 is 1.91 bits per heavy atom. The van der Waals surface area contributed by atoms with Crippen molar-refractivity contribution >= 4 is 62.4 Å². The second-order valence-corrected chi connectivity index (χ2v) is 26.8. The molecule has 87 heavy (non-hydrogen) atoms. The van der Waals surface area contributed by atoms with E-state index in [-0.39, 0.29) is 74.6 Å². The summed E-state index contributed by atoms with van der Waals surface area (Å²) in [6, 6.07) is 13.2. The van der Waals surface area contributed by atoms with Crippen LogP contribution in [-0.4, -0.2) is 158 Å². The number of anilines is 1. The monoisotopic (exact) mass is 1230 g/mol. The van der Waals surface area contributed by atoms with Crippen molar-refractivity contribution in [3.8, 4) is 0 Å². The molecule has 0 bridgehead atoms. The van der Waals surface area contributed by atoms with E-state index in [2.05, 4.69) is 150 Å². The number of nitrogens with one attached hydrogen (secondary N) is 5. The summed E-state index contributed by atoms with van der Waals surface area (Å²) in [5, 5.41) is 14.8. The fourth-order valence-corrected chi connectivity index (χ4v) is 11.1. The number of rotatable bonds is 39. The Balaban J connectivity index is 1.05. The normalized spacial score (nSPS) is 16.5. The van der Waals surface area contributed by atoms with E-state index in [1.807, 2.05) is 13.8 Å². The van der Waals surface area contributed by atoms with Crippen LogP contribution in [0.4, 0.5) is 11.4 Å². The molecule has 2 aliphatic heterocycles. The van der Waals surface area contributed by atoms with Crippen LogP contribution in [0.3, 0.4) is 0 Å². The fraction of sp³-hybridized carbons (Fsp3) is 0.591. The van der Waals surface area contributed by atoms with E-state index >= 15 is 0 Å². The maximum atomic E-state index is 13.8. The molecule has 6 amide bonds. The fourth-order valence-electron chi connectivity index (χ4n) is 10.6. The number of amides is 6. The average Bonchev–Trinajstić information content (AvgIpc) is 1.76. The van der Waals surface area contributed by atoms with Crippen LogP contribution in [-0.2, 0) is 68.4 Å². The number of allylic oxidation sites excluding steroid dienone is 6. The van der Waals surface area contributed by atoms with Gasteiger partial charge in [0.25, 0.3) is 0 Å². The number of carbonyl (C=O) groups excluding carboxylic acids is 6. The maximum absolute atomic E-state index is 13.8. The van der Waals surface area contributed by atoms with E-state index in [1.54, 1.807) is 27.7 Å². The highest BCUT2D eigenvalue weighted by molar-refractivity contribution is 7.93. The number of nitrogens with zero attached hydrogens (tertiary/aromatic N) is 2. The van der Waals surface area contributed by atoms with Gasteiger partial charge in [-0.25, -0.2) is 8.42 Å². The summed E-state index contributed by atoms with van der Waals surface area (Å²) >= 11 is 0. The Hall–Kier alpha value is -6.52. The molecule has 2 aliphatic rings. The molecule has 7 N–H and O–H groups in total. The number of para-hydroxylation sites is 2. The highest BCUT2D eigenvalue weighted by atomic mass is 32.2. The van der Waals surface area contributed by atoms with Crippen LogP contribution in [0.15, 0.2) is 96.1 Å². The number of sulfone groups is 1. The molecule has 0 unspecified atom stereocenters. The molecule has 4 atom stereocenters. The second-order valence-electron chi connectivity index (χ2n) is 24.8. The number of benzene rings is 2. The summed E-state index contributed by atoms with van der Waals surface area (Å²) < 4.78 is 48.2. The summed E-state index contributed by atoms with van der Waals surface area (Å²) in [4.78, 5) is 80.3. The minimum atomic E-state index is -3.55. The van der Waals surface area contributed by atoms with Gasteiger partial charge in [-0.1, -0.05) is 123 Å². The van der Waals surface area contributed by atoms with E-state index in [4.69, 9.17) is 24.7 Å². The molecule has 21 heteroatoms. The van der Waals surface area contributed by atoms with E-state index in [0.29, 0.717) is 46.0 Å². The molecule has 2 aromatic rings. The minimum Gasteiger partial charge on any atom is -0.379 e. The zero-order valence-corrected chi connectivity index (χ0v) is 54.6. The molecule has 482 valence electrons. The van der Waals surface area contributed by atoms with E-state index in [0.717, 1.165) is 37.5 Å². The largest absolute Gasteiger partial charge is 0.379 e. The number of unbranched alkanes of at least 4 members (excludes halogenated alkanes) is 2. The molecule has 0 saturated heterocycles. The molecule has 0 radical (unpaired) electrons. The third-order valence-corrected chi connectivity index (χ3v) is 16.0. The molecule has 2 aromatic carbocycles. The summed E-state index contributed by atoms with van der Waals surface area (Å²) in [6.07, 6.45) is 16.6. The molecule has 0 saturated carbocycles. The van der Waals surface area contributed by atoms with Crippen molar-refractivity contribution in [3.63, 3.8) is 0 Å². The maximum Gasteiger partial charge on any atom is 0.243 e. The lowest BCUT2D eigenvalue weighted by Crippen LogP contribution is -2.60. The molecule has 0 fully saturated rings. The molecule has 20 nitrogen and oxygen atoms in total. The lowest BCUT2D eigenvalue weighted by molar-refractivity contribution is -0.401. The van der Waals surface area contributed by atoms with Gasteiger partial charge in [0.15, 0.2) is 15.5 Å². The molecule has 0 aliphatic carbocycles. The van der Waals surface area contributed by atoms with Gasteiger partial charge in [0, 0.05) is 84.6 Å². The first-order valence-electron chi connectivity index (χ1n) is 30.7. The lowest BCUT2D eigenvalue weighted by atomic mass is 9.81. The van der Waals surface area contributed by atoms with E-state index in [1.165, 1.54) is 40.0 Å². The van der Waals surface area contributed by atoms with Crippen molar-refractivity contribution in [1.82, 2.24) is 26.6 Å². The predicted molar refractivity (Wildman–Crippen MR) is 342 cm³/mol. The van der Waals surface area contributed by atoms with Crippen LogP contribution < -0.4 is 37.2 Å². The molecular formula is C66H101N8O12S+. The molecule has 2 heterocycles. The second kappa shape index (κ2) is 35.5. The van der Waals surface area contributed by atoms with Gasteiger partial charge in [0.2, 0.25) is 41.1 Å². The Kier molecular flexibility index (Phi) is 29.7. The van der Waals surface area contributed by atoms with Gasteiger partial charge in [-0.05, 0) is 75.0 Å². The standard InChI is InChI=1S/C66H100N8O12S/c1-13-51(61(78)72-60(64(4,5)6)63(80)71-52(46-47(2)3)62(79)69-48(31-32-57(67)75)34-45-87(12,81)82)70-59(77)33-37-83-39-41-85-43-44-86-42-40-84-38-35-68-58(76)30-18-15-23-36-74-54-27-22-20-25-50(54)66(9,10)56(74)29-17-14-16-28-55-65(7,8)49-24-19-21-26-53(49)73(55)11/h14,16-17,19-22,24-29,34,45,47-48,51-52,60H,13,15,18,23,30-33,35-44,46H2,1-12H3,(H6-,67,68,69,70,71,72,75,76,77,78,79,80)/p+1/b45-34+/t48-,51-,52-,60+/m0/s1. The number of primary amides is 1. The lowest BCUT2D eigenvalue weighted by Gasteiger charge is -2.33. The molecule has 0 spiro atoms. The molecule has 0 aromatic heterocycles. The Labute approximate surface area is 517 Å². The number of hydrogen-bond acceptors (Lipinski definition) is 13. The van der Waals surface area contributed by atoms with Crippen LogP contribution in [0.5, 0.6) is 0 Å². The Morgan fingerprint density at radius 1 is 0.690 bits per heavy atom. The predicted octanol–water partition coefficient (Wildman–Crippen LogP) is 6.89. The Bertz CT molecular complexity index is 2890. The topological polar surface area (TPSA) is 266 Å². The van der Waals surface area contributed by atoms with Crippen molar-refractivity contribution in [2.45, 2.75) is 162 Å². The van der Waals surface area contributed by atoms with Gasteiger partial charge in [-0.2, -0.15) is 4.58 Å². The van der Waals surface area contributed by atoms with Crippen molar-refractivity contribution in [3.05, 3.63) is 107 Å². The average molecular weight is 1230 g/mol. The van der Waals surface area contributed by atoms with E-state index < -0.39 is 69.0 Å². The van der Waals surface area contributed by atoms with Gasteiger partial charge in [-0.15, -0.1) is 0 Å². The third-order valence-electron chi connectivity index (χ3n) is 15.3. The highest BCUT2D eigenvalue weighted by Crippen LogP contribution is 2.47. The van der Waals surface area contributed by atoms with Crippen molar-refractivity contribution < 1.29 is 60.7 Å². The zero-order valence-electron chi connectivity index (χ0n) is 53.8. The Morgan fingerprint density at radius 2 is 1.30 bits per heavy atom. The summed E-state index contributed by atoms with van der Waals surface area (Å²) in [5.41, 5.74) is 11.9. The first kappa shape index (κ1) is 73.0. The highest BCUT2D eigenvalue weighted by Gasteiger charge is 2.43. The van der Waals surface area contributed by atoms with Gasteiger partial charge in [0.05, 0.1) is 58.3 Å². The quantitative estimate of drug-likeness (QED) is 0.0227. The zero-order chi connectivity index (χ0) is 64.4. The van der Waals surface area contributed by atoms with E-state index in [9.17, 15) is 37.2 Å². The number of nitrogens with two attached hydrogens (primary N) is 1. The van der Waals surface area contributed by atoms with Crippen LogP contribution in [0.25, 0.3) is 0 Å². The number of ether oxygens (including phenoxy) is 4. The van der Waals surface area contributed by atoms with Crippen LogP contribution in [0, 0.1) is 11.3 Å². The van der Waals surface area contributed by atoms with Gasteiger partial charge >= 0.3 is 0 Å². The first-order chi connectivity index (χ1) is 41.1. The van der Waals surface area contributed by atoms with Gasteiger partial charge < -0.3 is 56.2 Å². The van der Waals surface area contributed by atoms with Crippen molar-refractivity contribution in [2.24, 2.45) is 17.1 Å². The van der Waals surface area contributed by atoms with Crippen LogP contribution in [0.2, 0.25) is 0 Å². The summed E-state index contributed by atoms with van der Waals surface area (Å²) in [6.45, 7) is 23.5. The SMILES string of the molecule is CC[C@H](NC(=O)CCOCCOCCOCCOCCNC(=O)CCCCCN1/C(=C/C=C/C=C/C2=[N+](C)c3ccccc3C2(C)C)C(C)(C)c2ccccc21)C(=O)N[C@H](C(=O)N[C@@H](CC(C)C)C(=O)N[C@H](/C=C/S(C)(=O)=O)CCC(N)=O)C(C)(C)C. The van der Waals surface area contributed by atoms with Crippen molar-refractivity contribution in [1.29, 1.82) is 0 Å². The number of carbonyl (C=O) groups is 6. The summed E-state index contributed by atoms with van der Waals surface area (Å²) in [5.74, 6) is -2.93. The first-order valence-corrected chi connectivity index (χ1v) is 32.6. The number of fused-ring (bicyclic) bond motifs is 2. The van der Waals surface area contributed by atoms with Crippen LogP contribution in [0.1, 0.15) is 138 Å². The molecular weight excluding hydrogens is 1130 g/mol. The van der Waals surface area contributed by atoms with Crippen LogP contribution >= 0.6 is 0 Å². The smallest absolute Gasteiger partial charge is 0.243 e. The third kappa shape index (κ3) is 24.2. The summed E-state index contributed by atoms with van der Waals surface area (Å²) in [7, 11) is -1.41. The number of hydrogen-bond donors (Lipinski definition) is 6. The minimum absolute atomic E-state index is 0.0115. The van der Waals surface area contributed by atoms with Gasteiger partial charge in [-0.3, -0.25) is 28.8 Å². The van der Waals surface area contributed by atoms with Crippen molar-refractivity contribution in [2.75, 3.05) is 84.1 Å².